The molecule has 1 aromatic carbocycles. The molecule has 130 valence electrons. The van der Waals surface area contributed by atoms with Crippen LogP contribution in [0.3, 0.4) is 0 Å². The van der Waals surface area contributed by atoms with E-state index in [2.05, 4.69) is 39.2 Å². The lowest BCUT2D eigenvalue weighted by atomic mass is 10.1. The molecule has 23 heavy (non-hydrogen) atoms. The van der Waals surface area contributed by atoms with Gasteiger partial charge in [-0.25, -0.2) is 0 Å². The molecule has 0 atom stereocenters. The molecule has 0 aliphatic carbocycles. The second-order valence-electron chi connectivity index (χ2n) is 7.23. The third-order valence-corrected chi connectivity index (χ3v) is 3.73. The zero-order valence-electron chi connectivity index (χ0n) is 15.6. The highest BCUT2D eigenvalue weighted by Crippen LogP contribution is 2.14. The summed E-state index contributed by atoms with van der Waals surface area (Å²) in [6, 6.07) is 8.11. The zero-order valence-corrected chi connectivity index (χ0v) is 15.6. The van der Waals surface area contributed by atoms with E-state index in [4.69, 9.17) is 4.74 Å². The molecule has 1 rings (SSSR count). The Morgan fingerprint density at radius 1 is 1.04 bits per heavy atom. The van der Waals surface area contributed by atoms with E-state index in [1.54, 1.807) is 0 Å². The van der Waals surface area contributed by atoms with Crippen LogP contribution in [-0.2, 0) is 0 Å². The Bertz CT molecular complexity index is 429. The smallest absolute Gasteiger partial charge is 0.119 e. The Morgan fingerprint density at radius 3 is 2.35 bits per heavy atom. The van der Waals surface area contributed by atoms with Gasteiger partial charge in [0.15, 0.2) is 0 Å². The van der Waals surface area contributed by atoms with Crippen molar-refractivity contribution in [3.8, 4) is 5.75 Å². The van der Waals surface area contributed by atoms with Crippen molar-refractivity contribution in [3.63, 3.8) is 0 Å². The molecule has 0 saturated carbocycles. The third kappa shape index (κ3) is 9.45. The molecule has 2 nitrogen and oxygen atoms in total. The molecule has 0 aliphatic heterocycles. The zero-order chi connectivity index (χ0) is 17.1. The molecule has 0 unspecified atom stereocenters. The van der Waals surface area contributed by atoms with Gasteiger partial charge in [0.2, 0.25) is 0 Å². The molecular weight excluding hydrogens is 282 g/mol. The van der Waals surface area contributed by atoms with Crippen molar-refractivity contribution in [1.82, 2.24) is 4.90 Å². The van der Waals surface area contributed by atoms with Crippen LogP contribution in [0.25, 0.3) is 6.08 Å². The molecule has 1 aromatic rings. The van der Waals surface area contributed by atoms with Gasteiger partial charge in [-0.3, -0.25) is 0 Å². The second-order valence-corrected chi connectivity index (χ2v) is 7.23. The Morgan fingerprint density at radius 2 is 1.74 bits per heavy atom. The van der Waals surface area contributed by atoms with Gasteiger partial charge in [0.1, 0.15) is 5.75 Å². The van der Waals surface area contributed by atoms with E-state index >= 15 is 0 Å². The van der Waals surface area contributed by atoms with Crippen LogP contribution in [0.1, 0.15) is 52.5 Å². The van der Waals surface area contributed by atoms with Crippen molar-refractivity contribution in [2.45, 2.75) is 47.0 Å². The van der Waals surface area contributed by atoms with E-state index in [-0.39, 0.29) is 0 Å². The lowest BCUT2D eigenvalue weighted by molar-refractivity contribution is 0.212. The van der Waals surface area contributed by atoms with Gasteiger partial charge in [0, 0.05) is 13.1 Å². The Hall–Kier alpha value is -1.28. The van der Waals surface area contributed by atoms with Crippen LogP contribution in [0.4, 0.5) is 0 Å². The highest BCUT2D eigenvalue weighted by Gasteiger charge is 2.08. The summed E-state index contributed by atoms with van der Waals surface area (Å²) in [6.07, 6.45) is 5.46. The number of rotatable bonds is 12. The molecular formula is C21H35NO. The normalized spacial score (nSPS) is 11.4. The van der Waals surface area contributed by atoms with Gasteiger partial charge in [0.25, 0.3) is 0 Å². The first kappa shape index (κ1) is 19.8. The Balaban J connectivity index is 2.18. The quantitative estimate of drug-likeness (QED) is 0.472. The predicted octanol–water partition coefficient (Wildman–Crippen LogP) is 5.49. The number of hydrogen-bond donors (Lipinski definition) is 0. The van der Waals surface area contributed by atoms with Gasteiger partial charge in [-0.15, -0.1) is 0 Å². The average molecular weight is 318 g/mol. The lowest BCUT2D eigenvalue weighted by Crippen LogP contribution is -2.32. The number of ether oxygens (including phenoxy) is 1. The van der Waals surface area contributed by atoms with Crippen molar-refractivity contribution in [3.05, 3.63) is 36.4 Å². The molecule has 0 aromatic heterocycles. The largest absolute Gasteiger partial charge is 0.494 e. The fraction of sp³-hybridized carbons (Fsp3) is 0.619. The maximum atomic E-state index is 5.82. The first-order chi connectivity index (χ1) is 11.0. The molecule has 0 amide bonds. The Kier molecular flexibility index (Phi) is 9.70. The first-order valence-electron chi connectivity index (χ1n) is 9.09. The summed E-state index contributed by atoms with van der Waals surface area (Å²) in [5.41, 5.74) is 1.11. The highest BCUT2D eigenvalue weighted by molar-refractivity contribution is 5.49. The van der Waals surface area contributed by atoms with Gasteiger partial charge >= 0.3 is 0 Å². The molecule has 0 saturated heterocycles. The molecule has 0 N–H and O–H groups in total. The van der Waals surface area contributed by atoms with Crippen molar-refractivity contribution >= 4 is 6.08 Å². The summed E-state index contributed by atoms with van der Waals surface area (Å²) in [5.74, 6) is 2.44. The van der Waals surface area contributed by atoms with Crippen LogP contribution in [0.2, 0.25) is 0 Å². The van der Waals surface area contributed by atoms with Crippen LogP contribution in [-0.4, -0.2) is 31.1 Å². The second kappa shape index (κ2) is 11.3. The van der Waals surface area contributed by atoms with Gasteiger partial charge in [-0.1, -0.05) is 52.5 Å². The fourth-order valence-corrected chi connectivity index (χ4v) is 2.83. The minimum atomic E-state index is 0.745. The van der Waals surface area contributed by atoms with E-state index < -0.39 is 0 Å². The van der Waals surface area contributed by atoms with Crippen LogP contribution >= 0.6 is 0 Å². The van der Waals surface area contributed by atoms with E-state index in [0.717, 1.165) is 36.2 Å². The van der Waals surface area contributed by atoms with E-state index in [9.17, 15) is 0 Å². The van der Waals surface area contributed by atoms with Crippen LogP contribution in [0.5, 0.6) is 5.75 Å². The van der Waals surface area contributed by atoms with Crippen molar-refractivity contribution < 1.29 is 4.74 Å². The molecule has 0 bridgehead atoms. The summed E-state index contributed by atoms with van der Waals surface area (Å²) in [4.78, 5) is 2.61. The summed E-state index contributed by atoms with van der Waals surface area (Å²) in [6.45, 7) is 17.4. The minimum Gasteiger partial charge on any atom is -0.494 e. The summed E-state index contributed by atoms with van der Waals surface area (Å²) in [7, 11) is 0. The fourth-order valence-electron chi connectivity index (χ4n) is 2.83. The van der Waals surface area contributed by atoms with Gasteiger partial charge in [-0.05, 0) is 55.3 Å². The van der Waals surface area contributed by atoms with Crippen LogP contribution in [0, 0.1) is 11.8 Å². The van der Waals surface area contributed by atoms with Gasteiger partial charge < -0.3 is 9.64 Å². The summed E-state index contributed by atoms with van der Waals surface area (Å²) >= 11 is 0. The third-order valence-electron chi connectivity index (χ3n) is 3.73. The van der Waals surface area contributed by atoms with E-state index in [0.29, 0.717) is 0 Å². The van der Waals surface area contributed by atoms with E-state index in [1.165, 1.54) is 32.5 Å². The Labute approximate surface area is 143 Å². The monoisotopic (exact) mass is 317 g/mol. The van der Waals surface area contributed by atoms with Gasteiger partial charge in [-0.2, -0.15) is 0 Å². The molecule has 2 heteroatoms. The SMILES string of the molecule is C=Cc1cccc(OCCCCCN(CC(C)C)CC(C)C)c1. The highest BCUT2D eigenvalue weighted by atomic mass is 16.5. The van der Waals surface area contributed by atoms with Crippen molar-refractivity contribution in [2.24, 2.45) is 11.8 Å². The van der Waals surface area contributed by atoms with Crippen molar-refractivity contribution in [1.29, 1.82) is 0 Å². The molecule has 0 radical (unpaired) electrons. The minimum absolute atomic E-state index is 0.745. The molecule has 0 aliphatic rings. The van der Waals surface area contributed by atoms with Gasteiger partial charge in [0.05, 0.1) is 6.61 Å². The first-order valence-corrected chi connectivity index (χ1v) is 9.09. The molecule has 0 fully saturated rings. The summed E-state index contributed by atoms with van der Waals surface area (Å²) < 4.78 is 5.82. The maximum absolute atomic E-state index is 5.82. The average Bonchev–Trinajstić information content (AvgIpc) is 2.49. The van der Waals surface area contributed by atoms with E-state index in [1.807, 2.05) is 30.3 Å². The van der Waals surface area contributed by atoms with Crippen molar-refractivity contribution in [2.75, 3.05) is 26.2 Å². The summed E-state index contributed by atoms with van der Waals surface area (Å²) in [5, 5.41) is 0. The number of nitrogens with zero attached hydrogens (tertiary/aromatic N) is 1. The predicted molar refractivity (Wildman–Crippen MR) is 102 cm³/mol. The molecule has 0 heterocycles. The number of hydrogen-bond acceptors (Lipinski definition) is 2. The lowest BCUT2D eigenvalue weighted by Gasteiger charge is -2.26. The van der Waals surface area contributed by atoms with Crippen LogP contribution < -0.4 is 4.74 Å². The number of unbranched alkanes of at least 4 members (excludes halogenated alkanes) is 2. The molecule has 0 spiro atoms. The topological polar surface area (TPSA) is 12.5 Å². The number of benzene rings is 1. The van der Waals surface area contributed by atoms with Crippen LogP contribution in [0.15, 0.2) is 30.8 Å². The standard InChI is InChI=1S/C21H35NO/c1-6-20-11-10-12-21(15-20)23-14-9-7-8-13-22(16-18(2)3)17-19(4)5/h6,10-12,15,18-19H,1,7-9,13-14,16-17H2,2-5H3. The maximum Gasteiger partial charge on any atom is 0.119 e.